The Bertz CT molecular complexity index is 812. The zero-order valence-corrected chi connectivity index (χ0v) is 33.4. The smallest absolute Gasteiger partial charge is 0.431 e. The van der Waals surface area contributed by atoms with Gasteiger partial charge in [-0.25, -0.2) is 4.79 Å². The van der Waals surface area contributed by atoms with E-state index in [1.54, 1.807) is 20.8 Å². The van der Waals surface area contributed by atoms with Crippen molar-refractivity contribution in [3.05, 3.63) is 0 Å². The molecule has 0 unspecified atom stereocenters. The van der Waals surface area contributed by atoms with Crippen molar-refractivity contribution < 1.29 is 71.3 Å². The van der Waals surface area contributed by atoms with Crippen molar-refractivity contribution in [2.24, 2.45) is 11.5 Å². The van der Waals surface area contributed by atoms with Gasteiger partial charge in [0, 0.05) is 13.0 Å². The van der Waals surface area contributed by atoms with Crippen molar-refractivity contribution in [1.29, 1.82) is 0 Å². The summed E-state index contributed by atoms with van der Waals surface area (Å²) < 4.78 is 65.1. The van der Waals surface area contributed by atoms with Crippen molar-refractivity contribution in [2.45, 2.75) is 64.5 Å². The predicted octanol–water partition coefficient (Wildman–Crippen LogP) is 1.43. The first-order chi connectivity index (χ1) is 26.3. The first kappa shape index (κ1) is 52.4. The fraction of sp³-hybridized carbons (Fsp3) is 0.944. The lowest BCUT2D eigenvalue weighted by Gasteiger charge is -2.19. The molecule has 0 spiro atoms. The molecule has 18 nitrogen and oxygen atoms in total. The van der Waals surface area contributed by atoms with Gasteiger partial charge in [0.15, 0.2) is 0 Å². The number of ketones is 1. The highest BCUT2D eigenvalue weighted by Gasteiger charge is 2.16. The van der Waals surface area contributed by atoms with Gasteiger partial charge in [-0.2, -0.15) is 5.48 Å². The summed E-state index contributed by atoms with van der Waals surface area (Å²) in [6.07, 6.45) is 2.94. The molecule has 0 aliphatic carbocycles. The molecule has 0 fully saturated rings. The van der Waals surface area contributed by atoms with Crippen molar-refractivity contribution in [3.8, 4) is 0 Å². The molecule has 322 valence electrons. The zero-order valence-electron chi connectivity index (χ0n) is 33.4. The van der Waals surface area contributed by atoms with E-state index < -0.39 is 17.7 Å². The average molecular weight is 788 g/mol. The summed E-state index contributed by atoms with van der Waals surface area (Å²) in [5.41, 5.74) is 13.0. The minimum atomic E-state index is -0.641. The number of hydroxylamine groups is 1. The number of carbonyl (C=O) groups is 2. The van der Waals surface area contributed by atoms with Crippen molar-refractivity contribution in [3.63, 3.8) is 0 Å². The number of nitrogens with one attached hydrogen (secondary N) is 1. The monoisotopic (exact) mass is 788 g/mol. The molecule has 0 rings (SSSR count). The molecule has 0 saturated heterocycles. The van der Waals surface area contributed by atoms with E-state index in [9.17, 15) is 9.59 Å². The Morgan fingerprint density at radius 3 is 1.11 bits per heavy atom. The third-order valence-corrected chi connectivity index (χ3v) is 6.70. The van der Waals surface area contributed by atoms with Crippen molar-refractivity contribution in [2.75, 3.05) is 159 Å². The number of unbranched alkanes of at least 4 members (excludes halogenated alkanes) is 1. The Balaban J connectivity index is 3.15. The van der Waals surface area contributed by atoms with Crippen LogP contribution in [0, 0.1) is 0 Å². The van der Waals surface area contributed by atoms with Gasteiger partial charge in [-0.05, 0) is 46.6 Å². The number of amides is 1. The van der Waals surface area contributed by atoms with Gasteiger partial charge in [-0.15, -0.1) is 0 Å². The summed E-state index contributed by atoms with van der Waals surface area (Å²) in [4.78, 5) is 28.3. The van der Waals surface area contributed by atoms with E-state index in [-0.39, 0.29) is 12.4 Å². The molecule has 0 saturated carbocycles. The Hall–Kier alpha value is -1.62. The van der Waals surface area contributed by atoms with E-state index in [4.69, 9.17) is 73.1 Å². The fourth-order valence-electron chi connectivity index (χ4n) is 4.01. The van der Waals surface area contributed by atoms with E-state index in [0.29, 0.717) is 171 Å². The van der Waals surface area contributed by atoms with Crippen molar-refractivity contribution in [1.82, 2.24) is 5.48 Å². The standard InChI is InChI=1S/C36H73N3O15/c1-36(2,3)54-35(41)39-53-32-31-52-30-29-51-28-27-50-26-25-49-24-23-48-22-21-47-20-19-46-18-17-45-16-15-44-14-13-43-12-11-42-10-6-8-34(40)33(38)7-4-5-9-37/h33H,4-32,37-38H2,1-3H3,(H,39,41)/t33-/m0/s1. The van der Waals surface area contributed by atoms with Gasteiger partial charge in [-0.3, -0.25) is 9.63 Å². The lowest BCUT2D eigenvalue weighted by atomic mass is 10.0. The first-order valence-electron chi connectivity index (χ1n) is 19.2. The summed E-state index contributed by atoms with van der Waals surface area (Å²) in [7, 11) is 0. The molecule has 0 aliphatic rings. The lowest BCUT2D eigenvalue weighted by Crippen LogP contribution is -2.33. The van der Waals surface area contributed by atoms with Crippen LogP contribution in [-0.2, 0) is 66.5 Å². The Morgan fingerprint density at radius 1 is 0.481 bits per heavy atom. The minimum Gasteiger partial charge on any atom is -0.442 e. The summed E-state index contributed by atoms with van der Waals surface area (Å²) in [5, 5.41) is 0. The van der Waals surface area contributed by atoms with Crippen LogP contribution < -0.4 is 16.9 Å². The summed E-state index contributed by atoms with van der Waals surface area (Å²) in [5.74, 6) is 0.0841. The van der Waals surface area contributed by atoms with Gasteiger partial charge in [0.1, 0.15) is 11.4 Å². The summed E-state index contributed by atoms with van der Waals surface area (Å²) in [6.45, 7) is 16.4. The predicted molar refractivity (Wildman–Crippen MR) is 199 cm³/mol. The lowest BCUT2D eigenvalue weighted by molar-refractivity contribution is -0.120. The number of hydrogen-bond acceptors (Lipinski definition) is 17. The average Bonchev–Trinajstić information content (AvgIpc) is 3.13. The summed E-state index contributed by atoms with van der Waals surface area (Å²) >= 11 is 0. The fourth-order valence-corrected chi connectivity index (χ4v) is 4.01. The zero-order chi connectivity index (χ0) is 39.6. The second-order valence-corrected chi connectivity index (χ2v) is 12.6. The van der Waals surface area contributed by atoms with Crippen LogP contribution in [-0.4, -0.2) is 182 Å². The van der Waals surface area contributed by atoms with Crippen LogP contribution in [0.1, 0.15) is 52.9 Å². The molecule has 5 N–H and O–H groups in total. The highest BCUT2D eigenvalue weighted by atomic mass is 16.7. The second kappa shape index (κ2) is 41.0. The quantitative estimate of drug-likeness (QED) is 0.0588. The van der Waals surface area contributed by atoms with Crippen LogP contribution in [0.5, 0.6) is 0 Å². The normalized spacial score (nSPS) is 12.3. The van der Waals surface area contributed by atoms with Gasteiger partial charge in [-0.1, -0.05) is 6.42 Å². The number of carbonyl (C=O) groups excluding carboxylic acids is 2. The van der Waals surface area contributed by atoms with Crippen LogP contribution in [0.3, 0.4) is 0 Å². The number of Topliss-reactive ketones (excluding diaryl/α,β-unsaturated/α-hetero) is 1. The van der Waals surface area contributed by atoms with Crippen LogP contribution >= 0.6 is 0 Å². The highest BCUT2D eigenvalue weighted by Crippen LogP contribution is 2.06. The van der Waals surface area contributed by atoms with E-state index >= 15 is 0 Å². The van der Waals surface area contributed by atoms with E-state index in [0.717, 1.165) is 12.8 Å². The molecule has 1 atom stereocenters. The largest absolute Gasteiger partial charge is 0.442 e. The third kappa shape index (κ3) is 43.1. The molecule has 0 bridgehead atoms. The van der Waals surface area contributed by atoms with Gasteiger partial charge >= 0.3 is 6.09 Å². The number of hydrogen-bond donors (Lipinski definition) is 3. The topological polar surface area (TPSA) is 218 Å². The third-order valence-electron chi connectivity index (χ3n) is 6.70. The Morgan fingerprint density at radius 2 is 0.796 bits per heavy atom. The molecule has 0 radical (unpaired) electrons. The van der Waals surface area contributed by atoms with Gasteiger partial charge in [0.2, 0.25) is 0 Å². The van der Waals surface area contributed by atoms with Gasteiger partial charge in [0.25, 0.3) is 0 Å². The molecule has 0 aromatic heterocycles. The molecule has 18 heteroatoms. The second-order valence-electron chi connectivity index (χ2n) is 12.6. The summed E-state index contributed by atoms with van der Waals surface area (Å²) in [6, 6.07) is -0.392. The highest BCUT2D eigenvalue weighted by molar-refractivity contribution is 5.83. The van der Waals surface area contributed by atoms with Crippen LogP contribution in [0.25, 0.3) is 0 Å². The van der Waals surface area contributed by atoms with Crippen molar-refractivity contribution >= 4 is 11.9 Å². The Labute approximate surface area is 322 Å². The van der Waals surface area contributed by atoms with E-state index in [1.165, 1.54) is 0 Å². The molecular formula is C36H73N3O15. The van der Waals surface area contributed by atoms with Crippen LogP contribution in [0.4, 0.5) is 4.79 Å². The number of rotatable bonds is 43. The van der Waals surface area contributed by atoms with Crippen LogP contribution in [0.15, 0.2) is 0 Å². The minimum absolute atomic E-state index is 0.0841. The van der Waals surface area contributed by atoms with Gasteiger partial charge < -0.3 is 68.3 Å². The first-order valence-corrected chi connectivity index (χ1v) is 19.2. The maximum atomic E-state index is 12.0. The molecule has 0 aromatic rings. The molecule has 0 aliphatic heterocycles. The molecular weight excluding hydrogens is 714 g/mol. The van der Waals surface area contributed by atoms with E-state index in [1.807, 2.05) is 0 Å². The molecule has 0 aromatic carbocycles. The molecule has 54 heavy (non-hydrogen) atoms. The Kier molecular flexibility index (Phi) is 39.8. The van der Waals surface area contributed by atoms with Crippen LogP contribution in [0.2, 0.25) is 0 Å². The molecule has 1 amide bonds. The van der Waals surface area contributed by atoms with Gasteiger partial charge in [0.05, 0.1) is 151 Å². The molecule has 0 heterocycles. The SMILES string of the molecule is CC(C)(C)OC(=O)NOCCOCCOCCOCCOCCOCCOCCOCCOCCOCCOCCOCCCC(=O)[C@@H](N)CCCCN. The maximum Gasteiger partial charge on any atom is 0.431 e. The maximum absolute atomic E-state index is 12.0. The number of nitrogens with two attached hydrogens (primary N) is 2. The van der Waals surface area contributed by atoms with E-state index in [2.05, 4.69) is 5.48 Å². The number of ether oxygens (including phenoxy) is 12.